The number of unbranched alkanes of at least 4 members (excludes halogenated alkanes) is 10. The van der Waals surface area contributed by atoms with Crippen molar-refractivity contribution in [3.8, 4) is 0 Å². The molecular weight excluding hydrogens is 439 g/mol. The second-order valence-electron chi connectivity index (χ2n) is 7.12. The van der Waals surface area contributed by atoms with Gasteiger partial charge in [-0.25, -0.2) is 0 Å². The molecule has 0 fully saturated rings. The molecular formula is C20H36O3SSn. The van der Waals surface area contributed by atoms with Crippen LogP contribution in [0.3, 0.4) is 0 Å². The first-order valence-electron chi connectivity index (χ1n) is 10.3. The van der Waals surface area contributed by atoms with Crippen LogP contribution in [0, 0.1) is 0 Å². The summed E-state index contributed by atoms with van der Waals surface area (Å²) >= 11 is -3.21. The maximum atomic E-state index is 12.1. The number of hydrogen-bond donors (Lipinski definition) is 0. The molecule has 0 spiro atoms. The van der Waals surface area contributed by atoms with Crippen LogP contribution in [-0.4, -0.2) is 28.5 Å². The predicted octanol–water partition coefficient (Wildman–Crippen LogP) is 6.52. The molecule has 0 N–H and O–H groups in total. The van der Waals surface area contributed by atoms with E-state index in [0.717, 1.165) is 21.7 Å². The van der Waals surface area contributed by atoms with Gasteiger partial charge in [-0.05, 0) is 0 Å². The summed E-state index contributed by atoms with van der Waals surface area (Å²) in [4.78, 5) is 24.1. The standard InChI is InChI=1S/2C8H17.C4H4O3S.Sn/c2*1-3-5-7-8-6-4-2;5-3(6)1-2-4(7)8;/h2*1,3-8H2,2H3;1-2H,(H,5,6)(H,7,8);/q;;;+2/p-2. The van der Waals surface area contributed by atoms with Gasteiger partial charge in [0.1, 0.15) is 0 Å². The van der Waals surface area contributed by atoms with Gasteiger partial charge in [-0.3, -0.25) is 0 Å². The molecule has 0 amide bonds. The second kappa shape index (κ2) is 14.1. The molecule has 5 heteroatoms. The minimum atomic E-state index is -3.21. The van der Waals surface area contributed by atoms with Crippen molar-refractivity contribution in [3.63, 3.8) is 0 Å². The second-order valence-corrected chi connectivity index (χ2v) is 23.1. The minimum absolute atomic E-state index is 0.0404. The molecule has 3 nitrogen and oxygen atoms in total. The third-order valence-electron chi connectivity index (χ3n) is 4.75. The molecule has 0 aromatic carbocycles. The molecule has 144 valence electrons. The summed E-state index contributed by atoms with van der Waals surface area (Å²) < 4.78 is 7.95. The van der Waals surface area contributed by atoms with Gasteiger partial charge in [-0.15, -0.1) is 0 Å². The molecule has 0 bridgehead atoms. The van der Waals surface area contributed by atoms with E-state index < -0.39 is 17.4 Å². The van der Waals surface area contributed by atoms with Crippen molar-refractivity contribution in [2.75, 3.05) is 0 Å². The van der Waals surface area contributed by atoms with Crippen LogP contribution in [0.15, 0.2) is 12.2 Å². The molecule has 0 aliphatic carbocycles. The average Bonchev–Trinajstić information content (AvgIpc) is 2.73. The Morgan fingerprint density at radius 2 is 1.24 bits per heavy atom. The van der Waals surface area contributed by atoms with Crippen LogP contribution in [0.2, 0.25) is 8.87 Å². The first kappa shape index (κ1) is 23.1. The Morgan fingerprint density at radius 3 is 1.76 bits per heavy atom. The predicted molar refractivity (Wildman–Crippen MR) is 110 cm³/mol. The normalized spacial score (nSPS) is 16.7. The Morgan fingerprint density at radius 1 is 0.760 bits per heavy atom. The van der Waals surface area contributed by atoms with Gasteiger partial charge in [0.2, 0.25) is 0 Å². The van der Waals surface area contributed by atoms with Crippen LogP contribution in [0.1, 0.15) is 90.9 Å². The summed E-state index contributed by atoms with van der Waals surface area (Å²) in [5.74, 6) is -0.272. The molecule has 1 aliphatic heterocycles. The maximum absolute atomic E-state index is 12.1. The van der Waals surface area contributed by atoms with Gasteiger partial charge in [0.25, 0.3) is 0 Å². The van der Waals surface area contributed by atoms with E-state index >= 15 is 0 Å². The Balaban J connectivity index is 2.48. The monoisotopic (exact) mass is 476 g/mol. The molecule has 1 aliphatic rings. The van der Waals surface area contributed by atoms with Gasteiger partial charge >= 0.3 is 162 Å². The van der Waals surface area contributed by atoms with Gasteiger partial charge < -0.3 is 0 Å². The number of carbonyl (C=O) groups excluding carboxylic acids is 2. The van der Waals surface area contributed by atoms with E-state index in [-0.39, 0.29) is 11.1 Å². The summed E-state index contributed by atoms with van der Waals surface area (Å²) in [6, 6.07) is 0. The van der Waals surface area contributed by atoms with Gasteiger partial charge in [-0.2, -0.15) is 0 Å². The van der Waals surface area contributed by atoms with Crippen LogP contribution in [0.4, 0.5) is 0 Å². The molecule has 1 heterocycles. The Hall–Kier alpha value is 0.0287. The number of hydrogen-bond acceptors (Lipinski definition) is 4. The fourth-order valence-corrected chi connectivity index (χ4v) is 19.4. The topological polar surface area (TPSA) is 43.4 Å². The van der Waals surface area contributed by atoms with E-state index in [0.29, 0.717) is 0 Å². The molecule has 0 atom stereocenters. The van der Waals surface area contributed by atoms with E-state index in [2.05, 4.69) is 13.8 Å². The molecule has 0 saturated heterocycles. The summed E-state index contributed by atoms with van der Waals surface area (Å²) in [7, 11) is 1.44. The van der Waals surface area contributed by atoms with Crippen LogP contribution >= 0.6 is 8.95 Å². The van der Waals surface area contributed by atoms with Crippen LogP contribution < -0.4 is 0 Å². The summed E-state index contributed by atoms with van der Waals surface area (Å²) in [6.07, 6.45) is 17.6. The molecule has 25 heavy (non-hydrogen) atoms. The fourth-order valence-electron chi connectivity index (χ4n) is 3.27. The molecule has 0 aromatic rings. The van der Waals surface area contributed by atoms with Crippen molar-refractivity contribution in [2.45, 2.75) is 99.8 Å². The van der Waals surface area contributed by atoms with Gasteiger partial charge in [0, 0.05) is 0 Å². The van der Waals surface area contributed by atoms with E-state index in [4.69, 9.17) is 3.07 Å². The first-order valence-corrected chi connectivity index (χ1v) is 19.8. The third kappa shape index (κ3) is 10.7. The molecule has 1 rings (SSSR count). The van der Waals surface area contributed by atoms with Crippen molar-refractivity contribution in [1.82, 2.24) is 0 Å². The molecule has 0 aromatic heterocycles. The number of carbonyl (C=O) groups is 2. The summed E-state index contributed by atoms with van der Waals surface area (Å²) in [5.41, 5.74) is 0. The third-order valence-corrected chi connectivity index (χ3v) is 21.7. The van der Waals surface area contributed by atoms with Gasteiger partial charge in [0.15, 0.2) is 0 Å². The SMILES string of the molecule is CCCCCCC[CH2][Sn]1([CH2]CCCCCCC)[O]C(=O)C=CC(=O)[S]1. The van der Waals surface area contributed by atoms with E-state index in [1.807, 2.05) is 0 Å². The Kier molecular flexibility index (Phi) is 13.0. The van der Waals surface area contributed by atoms with Crippen LogP contribution in [0.5, 0.6) is 0 Å². The zero-order chi connectivity index (χ0) is 18.4. The molecule has 0 radical (unpaired) electrons. The fraction of sp³-hybridized carbons (Fsp3) is 0.800. The van der Waals surface area contributed by atoms with Crippen molar-refractivity contribution in [1.29, 1.82) is 0 Å². The van der Waals surface area contributed by atoms with Crippen molar-refractivity contribution in [3.05, 3.63) is 12.2 Å². The summed E-state index contributed by atoms with van der Waals surface area (Å²) in [6.45, 7) is 4.46. The van der Waals surface area contributed by atoms with Crippen molar-refractivity contribution < 1.29 is 12.7 Å². The van der Waals surface area contributed by atoms with Gasteiger partial charge in [0.05, 0.1) is 0 Å². The molecule has 0 unspecified atom stereocenters. The van der Waals surface area contributed by atoms with E-state index in [1.54, 1.807) is 0 Å². The average molecular weight is 475 g/mol. The van der Waals surface area contributed by atoms with E-state index in [1.165, 1.54) is 85.3 Å². The molecule has 0 saturated carbocycles. The Labute approximate surface area is 161 Å². The Bertz CT molecular complexity index is 385. The van der Waals surface area contributed by atoms with Crippen LogP contribution in [-0.2, 0) is 12.7 Å². The van der Waals surface area contributed by atoms with Crippen molar-refractivity contribution in [2.24, 2.45) is 0 Å². The summed E-state index contributed by atoms with van der Waals surface area (Å²) in [5, 5.41) is 0.0404. The number of rotatable bonds is 14. The zero-order valence-electron chi connectivity index (χ0n) is 16.2. The quantitative estimate of drug-likeness (QED) is 0.212. The van der Waals surface area contributed by atoms with E-state index in [9.17, 15) is 9.59 Å². The van der Waals surface area contributed by atoms with Gasteiger partial charge in [-0.1, -0.05) is 0 Å². The van der Waals surface area contributed by atoms with Crippen molar-refractivity contribution >= 4 is 37.4 Å². The van der Waals surface area contributed by atoms with Crippen LogP contribution in [0.25, 0.3) is 0 Å². The zero-order valence-corrected chi connectivity index (χ0v) is 19.9. The first-order chi connectivity index (χ1) is 12.1.